The molecule has 0 aromatic rings. The van der Waals surface area contributed by atoms with E-state index in [9.17, 15) is 0 Å². The van der Waals surface area contributed by atoms with Gasteiger partial charge in [-0.25, -0.2) is 0 Å². The first kappa shape index (κ1) is 15.9. The topological polar surface area (TPSA) is 57.5 Å². The summed E-state index contributed by atoms with van der Waals surface area (Å²) in [6, 6.07) is 0. The fourth-order valence-corrected chi connectivity index (χ4v) is 0. The average Bonchev–Trinajstić information content (AvgIpc) is 0.811. The van der Waals surface area contributed by atoms with Crippen LogP contribution < -0.4 is 18.9 Å². The Hall–Kier alpha value is 0.734. The van der Waals surface area contributed by atoms with Crippen LogP contribution in [0.2, 0.25) is 0 Å². The molecule has 2 N–H and O–H groups in total. The Balaban J connectivity index is -0.0000000150. The monoisotopic (exact) mass is 141 g/mol. The van der Waals surface area contributed by atoms with E-state index in [1.165, 1.54) is 0 Å². The van der Waals surface area contributed by atoms with E-state index >= 15 is 0 Å². The van der Waals surface area contributed by atoms with Crippen LogP contribution in [0.5, 0.6) is 0 Å². The summed E-state index contributed by atoms with van der Waals surface area (Å²) in [6.07, 6.45) is 0. The van der Waals surface area contributed by atoms with Crippen LogP contribution in [-0.2, 0) is 21.5 Å². The Bertz CT molecular complexity index is 37.9. The molecule has 0 aliphatic rings. The van der Waals surface area contributed by atoms with Crippen LogP contribution >= 0.6 is 0 Å². The standard InChI is InChI=1S/Li.Mn.H2O3Si.H/c;;1-4(2)3;/h;;1-2H;/q+1;;;-1. The van der Waals surface area contributed by atoms with Crippen LogP contribution in [0.4, 0.5) is 0 Å². The third-order valence-corrected chi connectivity index (χ3v) is 0. The second kappa shape index (κ2) is 9.22. The Labute approximate surface area is 60.8 Å². The third kappa shape index (κ3) is 123. The molecule has 0 heterocycles. The fraction of sp³-hybridized carbons (Fsp3) is 0. The molecule has 0 aliphatic heterocycles. The first-order valence-electron chi connectivity index (χ1n) is 0.651. The molecule has 0 amide bonds. The average molecular weight is 141 g/mol. The molecule has 6 heavy (non-hydrogen) atoms. The van der Waals surface area contributed by atoms with Crippen LogP contribution in [0.25, 0.3) is 0 Å². The predicted molar refractivity (Wildman–Crippen MR) is 12.0 cm³/mol. The molecule has 0 aliphatic carbocycles. The third-order valence-electron chi connectivity index (χ3n) is 0. The molecule has 0 atom stereocenters. The zero-order valence-electron chi connectivity index (χ0n) is 4.18. The zero-order chi connectivity index (χ0) is 3.58. The number of hydrogen-bond acceptors (Lipinski definition) is 1. The van der Waals surface area contributed by atoms with Crippen LogP contribution in [0, 0.1) is 0 Å². The van der Waals surface area contributed by atoms with Gasteiger partial charge in [0, 0.05) is 17.1 Å². The Morgan fingerprint density at radius 1 is 1.50 bits per heavy atom. The summed E-state index contributed by atoms with van der Waals surface area (Å²) in [5.74, 6) is 0. The Morgan fingerprint density at radius 3 is 1.50 bits per heavy atom. The van der Waals surface area contributed by atoms with Crippen molar-refractivity contribution in [2.24, 2.45) is 0 Å². The van der Waals surface area contributed by atoms with Crippen molar-refractivity contribution in [2.45, 2.75) is 0 Å². The molecule has 0 bridgehead atoms. The zero-order valence-corrected chi connectivity index (χ0v) is 5.36. The van der Waals surface area contributed by atoms with E-state index in [0.717, 1.165) is 0 Å². The normalized spacial score (nSPS) is 4.00. The van der Waals surface area contributed by atoms with Crippen LogP contribution in [-0.4, -0.2) is 18.8 Å². The van der Waals surface area contributed by atoms with E-state index in [2.05, 4.69) is 0 Å². The molecular weight excluding hydrogens is 138 g/mol. The van der Waals surface area contributed by atoms with E-state index in [1.807, 2.05) is 0 Å². The maximum Gasteiger partial charge on any atom is 1.00 e. The summed E-state index contributed by atoms with van der Waals surface area (Å²) in [5, 5.41) is 0. The Kier molecular flexibility index (Phi) is 24.4. The molecule has 33 valence electrons. The van der Waals surface area contributed by atoms with Gasteiger partial charge in [0.15, 0.2) is 0 Å². The van der Waals surface area contributed by atoms with Gasteiger partial charge in [0.1, 0.15) is 0 Å². The second-order valence-electron chi connectivity index (χ2n) is 0.283. The Morgan fingerprint density at radius 2 is 1.50 bits per heavy atom. The van der Waals surface area contributed by atoms with Gasteiger partial charge in [-0.05, 0) is 0 Å². The summed E-state index contributed by atoms with van der Waals surface area (Å²) in [4.78, 5) is 14.3. The fourth-order valence-electron chi connectivity index (χ4n) is 0. The number of rotatable bonds is 0. The largest absolute Gasteiger partial charge is 1.00 e. The summed E-state index contributed by atoms with van der Waals surface area (Å²) < 4.78 is 8.74. The molecule has 0 unspecified atom stereocenters. The summed E-state index contributed by atoms with van der Waals surface area (Å²) in [6.45, 7) is 0. The first-order valence-corrected chi connectivity index (χ1v) is 1.95. The molecule has 1 radical (unpaired) electrons. The minimum atomic E-state index is -3.13. The van der Waals surface area contributed by atoms with Gasteiger partial charge in [-0.2, -0.15) is 0 Å². The molecule has 0 rings (SSSR count). The van der Waals surface area contributed by atoms with Crippen molar-refractivity contribution < 1.29 is 51.4 Å². The molecule has 0 fully saturated rings. The van der Waals surface area contributed by atoms with E-state index in [-0.39, 0.29) is 37.4 Å². The van der Waals surface area contributed by atoms with E-state index in [4.69, 9.17) is 14.1 Å². The van der Waals surface area contributed by atoms with Crippen molar-refractivity contribution in [2.75, 3.05) is 0 Å². The first-order chi connectivity index (χ1) is 1.73. The maximum absolute atomic E-state index is 8.74. The van der Waals surface area contributed by atoms with Crippen molar-refractivity contribution in [3.63, 3.8) is 0 Å². The molecular formula is H3LiMnO3Si. The van der Waals surface area contributed by atoms with Gasteiger partial charge in [0.2, 0.25) is 0 Å². The molecule has 0 spiro atoms. The van der Waals surface area contributed by atoms with E-state index in [1.54, 1.807) is 0 Å². The van der Waals surface area contributed by atoms with Crippen molar-refractivity contribution >= 4 is 9.17 Å². The summed E-state index contributed by atoms with van der Waals surface area (Å²) in [7, 11) is -3.13. The van der Waals surface area contributed by atoms with Crippen LogP contribution in [0.1, 0.15) is 1.43 Å². The van der Waals surface area contributed by atoms with Crippen molar-refractivity contribution in [3.8, 4) is 0 Å². The molecule has 6 heteroatoms. The van der Waals surface area contributed by atoms with Gasteiger partial charge in [-0.1, -0.05) is 0 Å². The van der Waals surface area contributed by atoms with Crippen molar-refractivity contribution in [1.29, 1.82) is 0 Å². The maximum atomic E-state index is 8.74. The quantitative estimate of drug-likeness (QED) is 0.334. The van der Waals surface area contributed by atoms with Gasteiger partial charge in [0.05, 0.1) is 0 Å². The molecule has 0 aromatic heterocycles. The van der Waals surface area contributed by atoms with Gasteiger partial charge in [-0.15, -0.1) is 0 Å². The van der Waals surface area contributed by atoms with Crippen LogP contribution in [0.15, 0.2) is 0 Å². The van der Waals surface area contributed by atoms with Gasteiger partial charge in [0.25, 0.3) is 0 Å². The predicted octanol–water partition coefficient (Wildman–Crippen LogP) is -4.50. The van der Waals surface area contributed by atoms with Crippen molar-refractivity contribution in [3.05, 3.63) is 0 Å². The molecule has 0 aromatic carbocycles. The van der Waals surface area contributed by atoms with Gasteiger partial charge < -0.3 is 11.0 Å². The molecule has 0 saturated carbocycles. The van der Waals surface area contributed by atoms with Gasteiger partial charge in [-0.3, -0.25) is 4.46 Å². The van der Waals surface area contributed by atoms with Gasteiger partial charge >= 0.3 is 28.0 Å². The van der Waals surface area contributed by atoms with E-state index in [0.29, 0.717) is 0 Å². The second-order valence-corrected chi connectivity index (χ2v) is 0.848. The minimum Gasteiger partial charge on any atom is -1.00 e. The molecule has 0 saturated heterocycles. The summed E-state index contributed by atoms with van der Waals surface area (Å²) >= 11 is 0. The minimum absolute atomic E-state index is 0. The SMILES string of the molecule is O=[Si](O)O.[H-].[Li+].[Mn]. The molecule has 3 nitrogen and oxygen atoms in total. The summed E-state index contributed by atoms with van der Waals surface area (Å²) in [5.41, 5.74) is 0. The smallest absolute Gasteiger partial charge is 1.00 e. The van der Waals surface area contributed by atoms with Crippen LogP contribution in [0.3, 0.4) is 0 Å². The number of hydrogen-bond donors (Lipinski definition) is 2. The van der Waals surface area contributed by atoms with Crippen molar-refractivity contribution in [1.82, 2.24) is 0 Å². The van der Waals surface area contributed by atoms with E-state index < -0.39 is 9.17 Å².